The number of para-hydroxylation sites is 1. The summed E-state index contributed by atoms with van der Waals surface area (Å²) < 4.78 is 33.1. The summed E-state index contributed by atoms with van der Waals surface area (Å²) in [6, 6.07) is 50.0. The van der Waals surface area contributed by atoms with Gasteiger partial charge in [0.1, 0.15) is 17.3 Å². The van der Waals surface area contributed by atoms with E-state index in [4.69, 9.17) is 41.9 Å². The van der Waals surface area contributed by atoms with Crippen LogP contribution in [0.1, 0.15) is 234 Å². The second-order valence-electron chi connectivity index (χ2n) is 30.4. The monoisotopic (exact) mass is 1490 g/mol. The molecule has 1 aliphatic heterocycles. The van der Waals surface area contributed by atoms with E-state index in [0.717, 1.165) is 73.0 Å². The van der Waals surface area contributed by atoms with Gasteiger partial charge in [-0.1, -0.05) is 212 Å². The Bertz CT molecular complexity index is 5450. The van der Waals surface area contributed by atoms with Gasteiger partial charge in [0, 0.05) is 81.6 Å². The van der Waals surface area contributed by atoms with E-state index in [1.54, 1.807) is 18.5 Å². The van der Waals surface area contributed by atoms with Crippen molar-refractivity contribution in [3.8, 4) is 0 Å². The molecule has 0 saturated heterocycles. The molecule has 10 heterocycles. The summed E-state index contributed by atoms with van der Waals surface area (Å²) >= 11 is 0. The number of H-pyrrole nitrogens is 3. The molecule has 19 heteroatoms. The van der Waals surface area contributed by atoms with Crippen LogP contribution in [0.15, 0.2) is 224 Å². The molecule has 0 saturated carbocycles. The summed E-state index contributed by atoms with van der Waals surface area (Å²) in [6.45, 7) is 45.5. The van der Waals surface area contributed by atoms with E-state index < -0.39 is 5.82 Å². The molecule has 18 nitrogen and oxygen atoms in total. The van der Waals surface area contributed by atoms with E-state index in [0.29, 0.717) is 64.9 Å². The fourth-order valence-electron chi connectivity index (χ4n) is 12.2. The van der Waals surface area contributed by atoms with Gasteiger partial charge in [-0.15, -0.1) is 0 Å². The Balaban J connectivity index is 0.000000144. The number of benzene rings is 7. The predicted molar refractivity (Wildman–Crippen MR) is 456 cm³/mol. The van der Waals surface area contributed by atoms with Gasteiger partial charge in [0.05, 0.1) is 35.4 Å². The van der Waals surface area contributed by atoms with Gasteiger partial charge in [-0.25, -0.2) is 19.2 Å². The van der Waals surface area contributed by atoms with Crippen molar-refractivity contribution in [1.82, 2.24) is 45.5 Å². The van der Waals surface area contributed by atoms with Crippen molar-refractivity contribution in [3.05, 3.63) is 274 Å². The lowest BCUT2D eigenvalue weighted by Gasteiger charge is -2.06. The maximum atomic E-state index is 13.0. The van der Waals surface area contributed by atoms with Crippen LogP contribution < -0.4 is 17.2 Å². The summed E-state index contributed by atoms with van der Waals surface area (Å²) in [7, 11) is 0. The molecular formula is C92H107FN14O4. The molecule has 17 rings (SSSR count). The molecule has 0 radical (unpaired) electrons. The molecule has 0 spiro atoms. The summed E-state index contributed by atoms with van der Waals surface area (Å²) in [5.74, 6) is 5.94. The largest absolute Gasteiger partial charge is 0.387 e. The molecule has 1 aliphatic rings. The van der Waals surface area contributed by atoms with Gasteiger partial charge in [0.15, 0.2) is 34.0 Å². The SMILES string of the molecule is CC(C)c1c[nH]c2ccccc12.CC(C)c1c[nH]c2ccncc12.CC(C)c1c[nH]c2ncccc12.CC(C)c1ccc2c(N)noc2c1.CC(C)c1ccc2c(c1)CC(N)=N2.CC(C)c1ccc2cnoc2c1.CC(C)c1ccc2onc(N)c2c1.CC(C)c1ccc2oncc2c1.[C-]#[N+]c1ccc(C(C)C)cc1F. The van der Waals surface area contributed by atoms with Gasteiger partial charge >= 0.3 is 0 Å². The highest BCUT2D eigenvalue weighted by atomic mass is 19.1. The zero-order valence-corrected chi connectivity index (χ0v) is 67.3. The fourth-order valence-corrected chi connectivity index (χ4v) is 12.2. The lowest BCUT2D eigenvalue weighted by atomic mass is 9.99. The van der Waals surface area contributed by atoms with E-state index >= 15 is 0 Å². The van der Waals surface area contributed by atoms with Crippen LogP contribution in [0.5, 0.6) is 0 Å². The van der Waals surface area contributed by atoms with E-state index in [2.05, 4.69) is 251 Å². The number of fused-ring (bicyclic) bond motifs is 8. The minimum absolute atomic E-state index is 0.0967. The van der Waals surface area contributed by atoms with Gasteiger partial charge < -0.3 is 50.2 Å². The molecule has 0 unspecified atom stereocenters. The van der Waals surface area contributed by atoms with E-state index in [9.17, 15) is 4.39 Å². The smallest absolute Gasteiger partial charge is 0.222 e. The molecule has 576 valence electrons. The summed E-state index contributed by atoms with van der Waals surface area (Å²) in [5, 5.41) is 22.6. The summed E-state index contributed by atoms with van der Waals surface area (Å²) in [6.07, 6.45) is 16.1. The lowest BCUT2D eigenvalue weighted by molar-refractivity contribution is 0.456. The Hall–Kier alpha value is -12.2. The van der Waals surface area contributed by atoms with Gasteiger partial charge in [-0.2, -0.15) is 0 Å². The van der Waals surface area contributed by atoms with Crippen molar-refractivity contribution in [2.75, 3.05) is 11.5 Å². The molecule has 7 aromatic carbocycles. The number of hydrogen-bond acceptors (Lipinski definition) is 14. The number of hydrogen-bond donors (Lipinski definition) is 6. The first-order chi connectivity index (χ1) is 53.1. The van der Waals surface area contributed by atoms with Crippen LogP contribution in [0.25, 0.3) is 81.6 Å². The van der Waals surface area contributed by atoms with E-state index in [-0.39, 0.29) is 5.69 Å². The summed E-state index contributed by atoms with van der Waals surface area (Å²) in [4.78, 5) is 25.3. The second-order valence-corrected chi connectivity index (χ2v) is 30.4. The Morgan fingerprint density at radius 1 is 0.405 bits per heavy atom. The Morgan fingerprint density at radius 2 is 0.901 bits per heavy atom. The number of nitrogens with two attached hydrogens (primary N) is 3. The van der Waals surface area contributed by atoms with Crippen molar-refractivity contribution in [2.24, 2.45) is 10.7 Å². The van der Waals surface area contributed by atoms with Gasteiger partial charge in [0.25, 0.3) is 0 Å². The van der Waals surface area contributed by atoms with Crippen molar-refractivity contribution in [2.45, 2.75) is 184 Å². The number of amidine groups is 1. The van der Waals surface area contributed by atoms with E-state index in [1.165, 1.54) is 89.4 Å². The van der Waals surface area contributed by atoms with Gasteiger partial charge in [0.2, 0.25) is 5.69 Å². The number of pyridine rings is 2. The zero-order valence-electron chi connectivity index (χ0n) is 67.3. The standard InChI is InChI=1S/C11H14N2.C11H13N.C10H10FN.2C10H12N2O.2C10H12N2.2C10H11NO/c1-7(2)8-3-4-10-9(5-8)6-11(12)13-10;1-8(2)10-7-12-11-6-4-3-5-9(10)11;1-7(2)8-4-5-10(12-3)9(11)6-8;1-6(2)7-3-4-9-8(5-7)10(11)12-13-9;1-6(2)7-3-4-8-9(5-7)13-12-10(8)11;1-7(2)8-6-12-10-3-4-11-5-9(8)10;1-7(2)9-6-12-10-8(9)4-3-5-11-10;1-7(2)8-3-4-10-9(5-8)6-11-12-10;1-7(2)8-3-4-9-6-11-12-10(9)5-8/h3-5,7H,6H2,1-2H3,(H2,12,13);3-8,12H,1-2H3;4-7H,1-2H3;2*3-6H,1-2H3,(H2,11,12);3-7,12H,1-2H3;3-7H,1-2H3,(H,11,12);2*3-7H,1-2H3. The lowest BCUT2D eigenvalue weighted by Crippen LogP contribution is -2.09. The maximum Gasteiger partial charge on any atom is 0.222 e. The quantitative estimate of drug-likeness (QED) is 0.0735. The van der Waals surface area contributed by atoms with Crippen LogP contribution in [-0.2, 0) is 6.42 Å². The number of aliphatic imine (C=N–C) groups is 1. The number of rotatable bonds is 9. The highest BCUT2D eigenvalue weighted by Gasteiger charge is 2.15. The Labute approximate surface area is 650 Å². The average molecular weight is 1490 g/mol. The van der Waals surface area contributed by atoms with Crippen molar-refractivity contribution in [3.63, 3.8) is 0 Å². The zero-order chi connectivity index (χ0) is 80.2. The normalized spacial score (nSPS) is 11.5. The third-order valence-corrected chi connectivity index (χ3v) is 19.1. The number of anilines is 2. The van der Waals surface area contributed by atoms with Crippen LogP contribution in [0.2, 0.25) is 0 Å². The highest BCUT2D eigenvalue weighted by molar-refractivity contribution is 5.91. The Morgan fingerprint density at radius 3 is 1.54 bits per heavy atom. The van der Waals surface area contributed by atoms with Crippen LogP contribution in [-0.4, -0.2) is 51.4 Å². The molecule has 0 amide bonds. The number of aromatic nitrogens is 9. The van der Waals surface area contributed by atoms with Crippen molar-refractivity contribution in [1.29, 1.82) is 0 Å². The summed E-state index contributed by atoms with van der Waals surface area (Å²) in [5.41, 5.74) is 37.5. The Kier molecular flexibility index (Phi) is 28.9. The number of nitrogen functional groups attached to an aromatic ring is 2. The number of halogens is 1. The van der Waals surface area contributed by atoms with Crippen LogP contribution in [0.3, 0.4) is 0 Å². The molecule has 0 aliphatic carbocycles. The first-order valence-corrected chi connectivity index (χ1v) is 38.1. The maximum absolute atomic E-state index is 13.0. The average Bonchev–Trinajstić information content (AvgIpc) is 1.65. The van der Waals surface area contributed by atoms with Crippen LogP contribution in [0, 0.1) is 12.4 Å². The van der Waals surface area contributed by atoms with Gasteiger partial charge in [-0.05, 0) is 194 Å². The van der Waals surface area contributed by atoms with Crippen LogP contribution >= 0.6 is 0 Å². The minimum atomic E-state index is -0.420. The van der Waals surface area contributed by atoms with Crippen molar-refractivity contribution >= 4 is 106 Å². The topological polar surface area (TPSA) is 272 Å². The van der Waals surface area contributed by atoms with Crippen LogP contribution in [0.4, 0.5) is 27.4 Å². The minimum Gasteiger partial charge on any atom is -0.387 e. The molecule has 16 aromatic rings. The second kappa shape index (κ2) is 38.8. The number of nitrogens with one attached hydrogen (secondary N) is 3. The molecular weight excluding hydrogens is 1380 g/mol. The number of aromatic amines is 3. The third kappa shape index (κ3) is 22.1. The first-order valence-electron chi connectivity index (χ1n) is 38.1. The molecule has 0 fully saturated rings. The molecule has 111 heavy (non-hydrogen) atoms. The van der Waals surface area contributed by atoms with Gasteiger partial charge in [-0.3, -0.25) is 4.98 Å². The van der Waals surface area contributed by atoms with Crippen molar-refractivity contribution < 1.29 is 22.5 Å². The molecule has 0 atom stereocenters. The van der Waals surface area contributed by atoms with E-state index in [1.807, 2.05) is 99.3 Å². The number of nitrogens with zero attached hydrogens (tertiary/aromatic N) is 8. The fraction of sp³-hybridized carbons (Fsp3) is 0.304. The third-order valence-electron chi connectivity index (χ3n) is 19.1. The molecule has 9 N–H and O–H groups in total. The predicted octanol–water partition coefficient (Wildman–Crippen LogP) is 25.5. The highest BCUT2D eigenvalue weighted by Crippen LogP contribution is 2.32. The first kappa shape index (κ1) is 82.9. The molecule has 9 aromatic heterocycles. The molecule has 0 bridgehead atoms.